The van der Waals surface area contributed by atoms with Gasteiger partial charge in [0.15, 0.2) is 9.84 Å². The molecule has 2 rings (SSSR count). The van der Waals surface area contributed by atoms with Crippen LogP contribution < -0.4 is 0 Å². The number of benzene rings is 1. The molecule has 11 heteroatoms. The van der Waals surface area contributed by atoms with Gasteiger partial charge in [0.2, 0.25) is 0 Å². The molecule has 24 heavy (non-hydrogen) atoms. The molecule has 1 heterocycles. The van der Waals surface area contributed by atoms with Gasteiger partial charge < -0.3 is 4.90 Å². The minimum atomic E-state index is -3.22. The van der Waals surface area contributed by atoms with E-state index in [-0.39, 0.29) is 29.1 Å². The van der Waals surface area contributed by atoms with Crippen LogP contribution >= 0.6 is 0 Å². The maximum Gasteiger partial charge on any atom is 0.279 e. The Hall–Kier alpha value is -2.56. The number of nitrogens with zero attached hydrogens (tertiary/aromatic N) is 3. The molecule has 1 aliphatic heterocycles. The highest BCUT2D eigenvalue weighted by Gasteiger charge is 2.34. The van der Waals surface area contributed by atoms with Crippen LogP contribution in [-0.2, 0) is 9.84 Å². The van der Waals surface area contributed by atoms with Crippen molar-refractivity contribution in [3.8, 4) is 0 Å². The monoisotopic (exact) mass is 357 g/mol. The van der Waals surface area contributed by atoms with Gasteiger partial charge in [-0.2, -0.15) is 0 Å². The summed E-state index contributed by atoms with van der Waals surface area (Å²) < 4.78 is 23.0. The minimum Gasteiger partial charge on any atom is -0.338 e. The Morgan fingerprint density at radius 3 is 2.08 bits per heavy atom. The van der Waals surface area contributed by atoms with Crippen molar-refractivity contribution >= 4 is 27.1 Å². The fourth-order valence-corrected chi connectivity index (χ4v) is 4.41. The molecule has 0 unspecified atom stereocenters. The number of sulfone groups is 1. The van der Waals surface area contributed by atoms with Crippen LogP contribution in [0.1, 0.15) is 22.3 Å². The van der Waals surface area contributed by atoms with E-state index >= 15 is 0 Å². The van der Waals surface area contributed by atoms with Crippen LogP contribution in [0.4, 0.5) is 11.4 Å². The number of amides is 1. The van der Waals surface area contributed by atoms with Gasteiger partial charge in [0.1, 0.15) is 5.56 Å². The first-order chi connectivity index (χ1) is 11.0. The summed E-state index contributed by atoms with van der Waals surface area (Å²) in [7, 11) is -1.84. The number of nitro groups is 2. The van der Waals surface area contributed by atoms with Gasteiger partial charge in [-0.1, -0.05) is 0 Å². The predicted molar refractivity (Wildman–Crippen MR) is 83.6 cm³/mol. The first-order valence-electron chi connectivity index (χ1n) is 6.94. The van der Waals surface area contributed by atoms with Gasteiger partial charge in [0.25, 0.3) is 17.3 Å². The Balaban J connectivity index is 2.42. The second-order valence-electron chi connectivity index (χ2n) is 5.63. The quantitative estimate of drug-likeness (QED) is 0.579. The standard InChI is InChI=1S/C13H15N3O7S/c1-8-11(15(18)19)5-9(6-12(8)16(20)21)13(17)14(2)10-3-4-24(22,23)7-10/h5-6,10H,3-4,7H2,1-2H3/t10-/m0/s1. The van der Waals surface area contributed by atoms with Crippen LogP contribution in [0, 0.1) is 27.2 Å². The zero-order valence-electron chi connectivity index (χ0n) is 13.0. The summed E-state index contributed by atoms with van der Waals surface area (Å²) >= 11 is 0. The number of carbonyl (C=O) groups excluding carboxylic acids is 1. The number of hydrogen-bond acceptors (Lipinski definition) is 7. The molecule has 0 saturated carbocycles. The molecule has 0 bridgehead atoms. The average molecular weight is 357 g/mol. The second kappa shape index (κ2) is 6.15. The van der Waals surface area contributed by atoms with Crippen LogP contribution in [0.3, 0.4) is 0 Å². The molecule has 1 atom stereocenters. The van der Waals surface area contributed by atoms with E-state index in [9.17, 15) is 33.4 Å². The Bertz CT molecular complexity index is 799. The largest absolute Gasteiger partial charge is 0.338 e. The van der Waals surface area contributed by atoms with Crippen molar-refractivity contribution in [1.29, 1.82) is 0 Å². The Morgan fingerprint density at radius 1 is 1.21 bits per heavy atom. The molecule has 1 fully saturated rings. The van der Waals surface area contributed by atoms with E-state index in [1.165, 1.54) is 18.9 Å². The zero-order valence-corrected chi connectivity index (χ0v) is 13.8. The van der Waals surface area contributed by atoms with Gasteiger partial charge in [-0.25, -0.2) is 8.42 Å². The van der Waals surface area contributed by atoms with Crippen molar-refractivity contribution in [2.75, 3.05) is 18.6 Å². The molecule has 1 amide bonds. The van der Waals surface area contributed by atoms with Crippen LogP contribution in [0.5, 0.6) is 0 Å². The highest BCUT2D eigenvalue weighted by Crippen LogP contribution is 2.30. The molecule has 1 aliphatic rings. The van der Waals surface area contributed by atoms with E-state index in [0.717, 1.165) is 12.1 Å². The van der Waals surface area contributed by atoms with Crippen LogP contribution in [0.25, 0.3) is 0 Å². The summed E-state index contributed by atoms with van der Waals surface area (Å²) in [5.41, 5.74) is -1.42. The van der Waals surface area contributed by atoms with Crippen molar-refractivity contribution in [1.82, 2.24) is 4.90 Å². The Morgan fingerprint density at radius 2 is 1.71 bits per heavy atom. The third-order valence-electron chi connectivity index (χ3n) is 4.07. The van der Waals surface area contributed by atoms with Crippen LogP contribution in [0.2, 0.25) is 0 Å². The van der Waals surface area contributed by atoms with Gasteiger partial charge in [-0.15, -0.1) is 0 Å². The number of nitro benzene ring substituents is 2. The third-order valence-corrected chi connectivity index (χ3v) is 5.82. The van der Waals surface area contributed by atoms with Crippen molar-refractivity contribution < 1.29 is 23.1 Å². The molecule has 1 aromatic rings. The Kier molecular flexibility index (Phi) is 4.56. The molecule has 0 spiro atoms. The maximum absolute atomic E-state index is 12.5. The van der Waals surface area contributed by atoms with Crippen LogP contribution in [0.15, 0.2) is 12.1 Å². The number of hydrogen-bond donors (Lipinski definition) is 0. The molecule has 0 aromatic heterocycles. The normalized spacial score (nSPS) is 19.0. The SMILES string of the molecule is Cc1c([N+](=O)[O-])cc(C(=O)N(C)[C@H]2CCS(=O)(=O)C2)cc1[N+](=O)[O-]. The van der Waals surface area contributed by atoms with Crippen LogP contribution in [-0.4, -0.2) is 53.7 Å². The van der Waals surface area contributed by atoms with E-state index in [1.807, 2.05) is 0 Å². The molecule has 0 N–H and O–H groups in total. The van der Waals surface area contributed by atoms with Gasteiger partial charge in [-0.05, 0) is 13.3 Å². The molecule has 0 aliphatic carbocycles. The summed E-state index contributed by atoms with van der Waals surface area (Å²) in [6.45, 7) is 1.23. The summed E-state index contributed by atoms with van der Waals surface area (Å²) in [6, 6.07) is 1.40. The fraction of sp³-hybridized carbons (Fsp3) is 0.462. The van der Waals surface area contributed by atoms with Crippen molar-refractivity contribution in [2.45, 2.75) is 19.4 Å². The summed E-state index contributed by atoms with van der Waals surface area (Å²) in [4.78, 5) is 34.2. The third kappa shape index (κ3) is 3.35. The van der Waals surface area contributed by atoms with Crippen molar-refractivity contribution in [2.24, 2.45) is 0 Å². The van der Waals surface area contributed by atoms with E-state index in [2.05, 4.69) is 0 Å². The number of rotatable bonds is 4. The second-order valence-corrected chi connectivity index (χ2v) is 7.86. The molecular formula is C13H15N3O7S. The van der Waals surface area contributed by atoms with Gasteiger partial charge >= 0.3 is 0 Å². The van der Waals surface area contributed by atoms with E-state index < -0.39 is 43.0 Å². The molecule has 1 aromatic carbocycles. The smallest absolute Gasteiger partial charge is 0.279 e. The first kappa shape index (κ1) is 17.8. The lowest BCUT2D eigenvalue weighted by atomic mass is 10.1. The van der Waals surface area contributed by atoms with Gasteiger partial charge in [0, 0.05) is 25.2 Å². The van der Waals surface area contributed by atoms with Crippen molar-refractivity contribution in [3.05, 3.63) is 43.5 Å². The topological polar surface area (TPSA) is 141 Å². The molecule has 10 nitrogen and oxygen atoms in total. The molecule has 0 radical (unpaired) electrons. The highest BCUT2D eigenvalue weighted by atomic mass is 32.2. The van der Waals surface area contributed by atoms with E-state index in [4.69, 9.17) is 0 Å². The highest BCUT2D eigenvalue weighted by molar-refractivity contribution is 7.91. The summed E-state index contributed by atoms with van der Waals surface area (Å²) in [6.07, 6.45) is 0.265. The maximum atomic E-state index is 12.5. The van der Waals surface area contributed by atoms with E-state index in [1.54, 1.807) is 0 Å². The molecule has 130 valence electrons. The Labute approximate surface area is 137 Å². The summed E-state index contributed by atoms with van der Waals surface area (Å²) in [5.74, 6) is -0.919. The molecule has 1 saturated heterocycles. The zero-order chi connectivity index (χ0) is 18.2. The first-order valence-corrected chi connectivity index (χ1v) is 8.76. The lowest BCUT2D eigenvalue weighted by Crippen LogP contribution is -2.37. The predicted octanol–water partition coefficient (Wildman–Crippen LogP) is 1.07. The van der Waals surface area contributed by atoms with Crippen molar-refractivity contribution in [3.63, 3.8) is 0 Å². The lowest BCUT2D eigenvalue weighted by molar-refractivity contribution is -0.395. The summed E-state index contributed by atoms with van der Waals surface area (Å²) in [5, 5.41) is 22.1. The minimum absolute atomic E-state index is 0.0382. The van der Waals surface area contributed by atoms with E-state index in [0.29, 0.717) is 0 Å². The van der Waals surface area contributed by atoms with Gasteiger partial charge in [0.05, 0.1) is 26.9 Å². The average Bonchev–Trinajstić information content (AvgIpc) is 2.85. The fourth-order valence-electron chi connectivity index (χ4n) is 2.64. The van der Waals surface area contributed by atoms with Gasteiger partial charge in [-0.3, -0.25) is 25.0 Å². The number of carbonyl (C=O) groups is 1. The molecular weight excluding hydrogens is 342 g/mol. The lowest BCUT2D eigenvalue weighted by Gasteiger charge is -2.23.